The molecule has 116 valence electrons. The fourth-order valence-corrected chi connectivity index (χ4v) is 3.73. The molecule has 0 heterocycles. The summed E-state index contributed by atoms with van der Waals surface area (Å²) in [5.41, 5.74) is 0.240. The molecule has 0 aromatic heterocycles. The average Bonchev–Trinajstić information content (AvgIpc) is 2.22. The lowest BCUT2D eigenvalue weighted by molar-refractivity contribution is 0.0539. The van der Waals surface area contributed by atoms with Gasteiger partial charge in [0.25, 0.3) is 0 Å². The van der Waals surface area contributed by atoms with Crippen LogP contribution in [0.3, 0.4) is 0 Å². The fraction of sp³-hybridized carbons (Fsp3) is 1.00. The Morgan fingerprint density at radius 2 is 1.00 bits per heavy atom. The normalized spacial score (nSPS) is 13.9. The zero-order chi connectivity index (χ0) is 15.2. The molecular weight excluding hydrogens is 268 g/mol. The van der Waals surface area contributed by atoms with Crippen LogP contribution in [0.1, 0.15) is 39.5 Å². The van der Waals surface area contributed by atoms with Crippen molar-refractivity contribution in [2.45, 2.75) is 78.8 Å². The van der Waals surface area contributed by atoms with Gasteiger partial charge in [-0.05, 0) is 52.1 Å². The molecule has 0 saturated carbocycles. The first-order chi connectivity index (χ1) is 8.54. The molecule has 0 aliphatic heterocycles. The number of hydrogen-bond acceptors (Lipinski definition) is 2. The van der Waals surface area contributed by atoms with Gasteiger partial charge in [-0.1, -0.05) is 26.7 Å². The van der Waals surface area contributed by atoms with Crippen LogP contribution in [0.5, 0.6) is 0 Å². The Hall–Kier alpha value is 0.354. The molecule has 0 unspecified atom stereocenters. The summed E-state index contributed by atoms with van der Waals surface area (Å²) in [5, 5.41) is 0. The lowest BCUT2D eigenvalue weighted by Gasteiger charge is -2.37. The summed E-state index contributed by atoms with van der Waals surface area (Å²) >= 11 is 0. The molecule has 2 nitrogen and oxygen atoms in total. The van der Waals surface area contributed by atoms with Crippen molar-refractivity contribution in [3.8, 4) is 0 Å². The van der Waals surface area contributed by atoms with Crippen molar-refractivity contribution in [1.29, 1.82) is 0 Å². The highest BCUT2D eigenvalue weighted by atomic mass is 28.4. The fourth-order valence-electron chi connectivity index (χ4n) is 2.26. The summed E-state index contributed by atoms with van der Waals surface area (Å²) < 4.78 is 12.5. The zero-order valence-electron chi connectivity index (χ0n) is 14.6. The summed E-state index contributed by atoms with van der Waals surface area (Å²) in [6, 6.07) is 0. The molecule has 0 rings (SSSR count). The lowest BCUT2D eigenvalue weighted by atomic mass is 9.81. The number of hydrogen-bond donors (Lipinski definition) is 0. The molecule has 0 spiro atoms. The largest absolute Gasteiger partial charge is 0.417 e. The molecule has 0 aromatic carbocycles. The van der Waals surface area contributed by atoms with E-state index < -0.39 is 16.6 Å². The van der Waals surface area contributed by atoms with Gasteiger partial charge in [-0.3, -0.25) is 0 Å². The monoisotopic (exact) mass is 304 g/mol. The third kappa shape index (κ3) is 9.82. The first kappa shape index (κ1) is 19.4. The van der Waals surface area contributed by atoms with Gasteiger partial charge < -0.3 is 8.85 Å². The molecule has 0 amide bonds. The van der Waals surface area contributed by atoms with E-state index in [1.54, 1.807) is 0 Å². The second-order valence-corrected chi connectivity index (χ2v) is 16.8. The van der Waals surface area contributed by atoms with E-state index in [-0.39, 0.29) is 5.41 Å². The Morgan fingerprint density at radius 3 is 1.21 bits per heavy atom. The average molecular weight is 305 g/mol. The van der Waals surface area contributed by atoms with Crippen LogP contribution < -0.4 is 0 Å². The smallest absolute Gasteiger partial charge is 0.183 e. The topological polar surface area (TPSA) is 18.5 Å². The van der Waals surface area contributed by atoms with Crippen molar-refractivity contribution < 1.29 is 8.85 Å². The van der Waals surface area contributed by atoms with Gasteiger partial charge >= 0.3 is 0 Å². The van der Waals surface area contributed by atoms with Crippen LogP contribution in [0.2, 0.25) is 39.3 Å². The molecule has 4 heteroatoms. The first-order valence-electron chi connectivity index (χ1n) is 7.81. The van der Waals surface area contributed by atoms with Crippen molar-refractivity contribution >= 4 is 16.6 Å². The van der Waals surface area contributed by atoms with Gasteiger partial charge in [0.1, 0.15) is 0 Å². The quantitative estimate of drug-likeness (QED) is 0.511. The standard InChI is InChI=1S/C15H36O2Si2/c1-9-11-15(12-10-2,13-16-18(3,4)5)14-17-19(6,7)8/h9-14H2,1-8H3. The van der Waals surface area contributed by atoms with Gasteiger partial charge in [0.05, 0.1) is 0 Å². The summed E-state index contributed by atoms with van der Waals surface area (Å²) in [6.45, 7) is 19.9. The van der Waals surface area contributed by atoms with E-state index >= 15 is 0 Å². The Kier molecular flexibility index (Phi) is 8.11. The second kappa shape index (κ2) is 7.96. The SMILES string of the molecule is CCCC(CCC)(CO[Si](C)(C)C)CO[Si](C)(C)C. The van der Waals surface area contributed by atoms with Crippen LogP contribution in [-0.2, 0) is 8.85 Å². The van der Waals surface area contributed by atoms with Crippen molar-refractivity contribution in [2.75, 3.05) is 13.2 Å². The second-order valence-electron chi connectivity index (χ2n) is 7.80. The van der Waals surface area contributed by atoms with E-state index in [4.69, 9.17) is 8.85 Å². The van der Waals surface area contributed by atoms with E-state index in [9.17, 15) is 0 Å². The summed E-state index contributed by atoms with van der Waals surface area (Å²) in [4.78, 5) is 0. The minimum Gasteiger partial charge on any atom is -0.417 e. The van der Waals surface area contributed by atoms with Crippen LogP contribution in [0.25, 0.3) is 0 Å². The van der Waals surface area contributed by atoms with Crippen molar-refractivity contribution in [1.82, 2.24) is 0 Å². The van der Waals surface area contributed by atoms with E-state index in [1.165, 1.54) is 25.7 Å². The van der Waals surface area contributed by atoms with Crippen molar-refractivity contribution in [3.63, 3.8) is 0 Å². The van der Waals surface area contributed by atoms with Crippen LogP contribution in [0.15, 0.2) is 0 Å². The molecule has 0 fully saturated rings. The van der Waals surface area contributed by atoms with Gasteiger partial charge in [0, 0.05) is 18.6 Å². The van der Waals surface area contributed by atoms with Crippen LogP contribution >= 0.6 is 0 Å². The van der Waals surface area contributed by atoms with Crippen molar-refractivity contribution in [3.05, 3.63) is 0 Å². The highest BCUT2D eigenvalue weighted by Gasteiger charge is 2.33. The Morgan fingerprint density at radius 1 is 0.684 bits per heavy atom. The Labute approximate surface area is 123 Å². The van der Waals surface area contributed by atoms with Crippen LogP contribution in [0, 0.1) is 5.41 Å². The van der Waals surface area contributed by atoms with E-state index in [1.807, 2.05) is 0 Å². The molecular formula is C15H36O2Si2. The van der Waals surface area contributed by atoms with E-state index in [2.05, 4.69) is 53.1 Å². The summed E-state index contributed by atoms with van der Waals surface area (Å²) in [7, 11) is -2.89. The number of rotatable bonds is 10. The molecule has 0 saturated heterocycles. The zero-order valence-corrected chi connectivity index (χ0v) is 16.6. The van der Waals surface area contributed by atoms with Gasteiger partial charge in [-0.2, -0.15) is 0 Å². The van der Waals surface area contributed by atoms with Gasteiger partial charge in [-0.15, -0.1) is 0 Å². The molecule has 0 N–H and O–H groups in total. The van der Waals surface area contributed by atoms with E-state index in [0.29, 0.717) is 0 Å². The predicted molar refractivity (Wildman–Crippen MR) is 90.8 cm³/mol. The molecule has 0 aliphatic carbocycles. The maximum atomic E-state index is 6.24. The predicted octanol–water partition coefficient (Wildman–Crippen LogP) is 5.28. The summed E-state index contributed by atoms with van der Waals surface area (Å²) in [5.74, 6) is 0. The molecule has 0 atom stereocenters. The molecule has 0 aliphatic rings. The third-order valence-corrected chi connectivity index (χ3v) is 5.20. The summed E-state index contributed by atoms with van der Waals surface area (Å²) in [6.07, 6.45) is 4.86. The van der Waals surface area contributed by atoms with Gasteiger partial charge in [0.2, 0.25) is 0 Å². The Bertz CT molecular complexity index is 216. The maximum Gasteiger partial charge on any atom is 0.183 e. The van der Waals surface area contributed by atoms with Crippen molar-refractivity contribution in [2.24, 2.45) is 5.41 Å². The molecule has 19 heavy (non-hydrogen) atoms. The van der Waals surface area contributed by atoms with Gasteiger partial charge in [-0.25, -0.2) is 0 Å². The molecule has 0 aromatic rings. The minimum absolute atomic E-state index is 0.240. The minimum atomic E-state index is -1.44. The molecule has 0 radical (unpaired) electrons. The third-order valence-electron chi connectivity index (χ3n) is 3.18. The van der Waals surface area contributed by atoms with Crippen LogP contribution in [0.4, 0.5) is 0 Å². The maximum absolute atomic E-state index is 6.24. The highest BCUT2D eigenvalue weighted by molar-refractivity contribution is 6.70. The highest BCUT2D eigenvalue weighted by Crippen LogP contribution is 2.33. The Balaban J connectivity index is 4.75. The van der Waals surface area contributed by atoms with E-state index in [0.717, 1.165) is 13.2 Å². The van der Waals surface area contributed by atoms with Crippen LogP contribution in [-0.4, -0.2) is 29.8 Å². The lowest BCUT2D eigenvalue weighted by Crippen LogP contribution is -2.41. The first-order valence-corrected chi connectivity index (χ1v) is 14.6. The van der Waals surface area contributed by atoms with Gasteiger partial charge in [0.15, 0.2) is 16.6 Å². The molecule has 0 bridgehead atoms.